The van der Waals surface area contributed by atoms with Crippen molar-refractivity contribution < 1.29 is 24.4 Å². The summed E-state index contributed by atoms with van der Waals surface area (Å²) < 4.78 is 16.0. The van der Waals surface area contributed by atoms with Gasteiger partial charge in [-0.25, -0.2) is 0 Å². The van der Waals surface area contributed by atoms with E-state index in [1.807, 2.05) is 0 Å². The van der Waals surface area contributed by atoms with Crippen molar-refractivity contribution in [2.24, 2.45) is 0 Å². The van der Waals surface area contributed by atoms with Crippen LogP contribution in [-0.4, -0.2) is 37.1 Å². The number of halogens is 2. The lowest BCUT2D eigenvalue weighted by Crippen LogP contribution is -2.29. The fraction of sp³-hybridized carbons (Fsp3) is 0.294. The van der Waals surface area contributed by atoms with Crippen LogP contribution in [0.25, 0.3) is 0 Å². The molecule has 2 atom stereocenters. The number of aliphatic hydroxyl groups is 2. The SMILES string of the molecule is COc1ccc([C@@H](O)[C@H](CO)Oc2ccc(Cl)cc2Cl)cc1OC. The zero-order chi connectivity index (χ0) is 17.7. The molecule has 0 amide bonds. The molecule has 130 valence electrons. The second-order valence-corrected chi connectivity index (χ2v) is 5.82. The Bertz CT molecular complexity index is 693. The highest BCUT2D eigenvalue weighted by atomic mass is 35.5. The normalized spacial score (nSPS) is 13.2. The number of hydrogen-bond acceptors (Lipinski definition) is 5. The summed E-state index contributed by atoms with van der Waals surface area (Å²) in [6, 6.07) is 9.67. The molecule has 2 aromatic rings. The Morgan fingerprint density at radius 1 is 0.958 bits per heavy atom. The molecule has 0 aliphatic rings. The van der Waals surface area contributed by atoms with Gasteiger partial charge in [-0.15, -0.1) is 0 Å². The Morgan fingerprint density at radius 3 is 2.21 bits per heavy atom. The van der Waals surface area contributed by atoms with Crippen molar-refractivity contribution in [3.63, 3.8) is 0 Å². The minimum Gasteiger partial charge on any atom is -0.493 e. The Kier molecular flexibility index (Phi) is 6.57. The van der Waals surface area contributed by atoms with Gasteiger partial charge in [0.15, 0.2) is 17.6 Å². The highest BCUT2D eigenvalue weighted by Crippen LogP contribution is 2.33. The van der Waals surface area contributed by atoms with Crippen LogP contribution >= 0.6 is 23.2 Å². The predicted octanol–water partition coefficient (Wildman–Crippen LogP) is 3.48. The summed E-state index contributed by atoms with van der Waals surface area (Å²) in [5, 5.41) is 20.9. The molecule has 0 heterocycles. The van der Waals surface area contributed by atoms with Gasteiger partial charge in [-0.3, -0.25) is 0 Å². The molecule has 0 aliphatic heterocycles. The van der Waals surface area contributed by atoms with Crippen molar-refractivity contribution in [1.82, 2.24) is 0 Å². The van der Waals surface area contributed by atoms with Crippen LogP contribution in [0.1, 0.15) is 11.7 Å². The van der Waals surface area contributed by atoms with E-state index in [9.17, 15) is 10.2 Å². The van der Waals surface area contributed by atoms with Crippen molar-refractivity contribution >= 4 is 23.2 Å². The van der Waals surface area contributed by atoms with Gasteiger partial charge in [0.25, 0.3) is 0 Å². The maximum absolute atomic E-state index is 10.5. The van der Waals surface area contributed by atoms with E-state index in [0.29, 0.717) is 32.9 Å². The number of rotatable bonds is 7. The first-order chi connectivity index (χ1) is 11.5. The quantitative estimate of drug-likeness (QED) is 0.778. The third kappa shape index (κ3) is 4.24. The maximum Gasteiger partial charge on any atom is 0.161 e. The summed E-state index contributed by atoms with van der Waals surface area (Å²) in [5.41, 5.74) is 0.511. The Morgan fingerprint density at radius 2 is 1.62 bits per heavy atom. The largest absolute Gasteiger partial charge is 0.493 e. The minimum absolute atomic E-state index is 0.292. The summed E-state index contributed by atoms with van der Waals surface area (Å²) in [6.07, 6.45) is -2.01. The van der Waals surface area contributed by atoms with Crippen LogP contribution in [0, 0.1) is 0 Å². The van der Waals surface area contributed by atoms with E-state index in [2.05, 4.69) is 0 Å². The molecule has 0 unspecified atom stereocenters. The van der Waals surface area contributed by atoms with Gasteiger partial charge < -0.3 is 24.4 Å². The minimum atomic E-state index is -1.10. The summed E-state index contributed by atoms with van der Waals surface area (Å²) in [6.45, 7) is -0.408. The van der Waals surface area contributed by atoms with Crippen LogP contribution in [0.3, 0.4) is 0 Å². The molecule has 2 rings (SSSR count). The smallest absolute Gasteiger partial charge is 0.161 e. The Hall–Kier alpha value is -1.66. The molecular weight excluding hydrogens is 355 g/mol. The number of ether oxygens (including phenoxy) is 3. The summed E-state index contributed by atoms with van der Waals surface area (Å²) in [7, 11) is 3.03. The van der Waals surface area contributed by atoms with E-state index in [4.69, 9.17) is 37.4 Å². The first-order valence-corrected chi connectivity index (χ1v) is 7.88. The van der Waals surface area contributed by atoms with E-state index in [1.165, 1.54) is 20.3 Å². The van der Waals surface area contributed by atoms with Crippen molar-refractivity contribution in [1.29, 1.82) is 0 Å². The fourth-order valence-electron chi connectivity index (χ4n) is 2.19. The second kappa shape index (κ2) is 8.44. The van der Waals surface area contributed by atoms with Crippen LogP contribution in [0.15, 0.2) is 36.4 Å². The van der Waals surface area contributed by atoms with E-state index < -0.39 is 18.8 Å². The average molecular weight is 373 g/mol. The molecule has 0 aliphatic carbocycles. The topological polar surface area (TPSA) is 68.2 Å². The van der Waals surface area contributed by atoms with Gasteiger partial charge in [0.2, 0.25) is 0 Å². The third-order valence-electron chi connectivity index (χ3n) is 3.45. The number of hydrogen-bond donors (Lipinski definition) is 2. The highest BCUT2D eigenvalue weighted by molar-refractivity contribution is 6.35. The molecular formula is C17H18Cl2O5. The summed E-state index contributed by atoms with van der Waals surface area (Å²) in [5.74, 6) is 1.32. The molecule has 5 nitrogen and oxygen atoms in total. The number of aliphatic hydroxyl groups excluding tert-OH is 2. The standard InChI is InChI=1S/C17H18Cl2O5/c1-22-14-5-3-10(7-15(14)23-2)17(21)16(9-20)24-13-6-4-11(18)8-12(13)19/h3-8,16-17,20-21H,9H2,1-2H3/t16-,17+/m0/s1. The van der Waals surface area contributed by atoms with Crippen LogP contribution in [0.2, 0.25) is 10.0 Å². The van der Waals surface area contributed by atoms with Gasteiger partial charge in [-0.1, -0.05) is 29.3 Å². The molecule has 0 radical (unpaired) electrons. The number of benzene rings is 2. The summed E-state index contributed by atoms with van der Waals surface area (Å²) in [4.78, 5) is 0. The molecule has 24 heavy (non-hydrogen) atoms. The van der Waals surface area contributed by atoms with Crippen molar-refractivity contribution in [2.45, 2.75) is 12.2 Å². The molecule has 0 fully saturated rings. The van der Waals surface area contributed by atoms with Gasteiger partial charge in [0.05, 0.1) is 25.8 Å². The molecule has 0 bridgehead atoms. The van der Waals surface area contributed by atoms with Gasteiger partial charge in [-0.05, 0) is 35.9 Å². The van der Waals surface area contributed by atoms with Gasteiger partial charge in [0, 0.05) is 5.02 Å². The molecule has 0 aromatic heterocycles. The lowest BCUT2D eigenvalue weighted by Gasteiger charge is -2.24. The number of methoxy groups -OCH3 is 2. The second-order valence-electron chi connectivity index (χ2n) is 4.97. The van der Waals surface area contributed by atoms with Crippen LogP contribution in [-0.2, 0) is 0 Å². The van der Waals surface area contributed by atoms with Crippen LogP contribution in [0.4, 0.5) is 0 Å². The van der Waals surface area contributed by atoms with E-state index in [0.717, 1.165) is 0 Å². The molecule has 2 aromatic carbocycles. The predicted molar refractivity (Wildman–Crippen MR) is 92.5 cm³/mol. The Balaban J connectivity index is 2.23. The van der Waals surface area contributed by atoms with E-state index in [1.54, 1.807) is 30.3 Å². The van der Waals surface area contributed by atoms with Crippen molar-refractivity contribution in [3.05, 3.63) is 52.0 Å². The highest BCUT2D eigenvalue weighted by Gasteiger charge is 2.24. The Labute approximate surface area is 150 Å². The molecule has 0 spiro atoms. The molecule has 0 saturated heterocycles. The van der Waals surface area contributed by atoms with E-state index >= 15 is 0 Å². The first-order valence-electron chi connectivity index (χ1n) is 7.12. The van der Waals surface area contributed by atoms with Crippen LogP contribution in [0.5, 0.6) is 17.2 Å². The van der Waals surface area contributed by atoms with Gasteiger partial charge >= 0.3 is 0 Å². The molecule has 0 saturated carbocycles. The maximum atomic E-state index is 10.5. The fourth-order valence-corrected chi connectivity index (χ4v) is 2.64. The monoisotopic (exact) mass is 372 g/mol. The lowest BCUT2D eigenvalue weighted by atomic mass is 10.0. The van der Waals surface area contributed by atoms with Crippen molar-refractivity contribution in [3.8, 4) is 17.2 Å². The first kappa shape index (κ1) is 18.7. The summed E-state index contributed by atoms with van der Waals surface area (Å²) >= 11 is 11.9. The third-order valence-corrected chi connectivity index (χ3v) is 3.98. The van der Waals surface area contributed by atoms with Crippen LogP contribution < -0.4 is 14.2 Å². The molecule has 2 N–H and O–H groups in total. The van der Waals surface area contributed by atoms with E-state index in [-0.39, 0.29) is 0 Å². The zero-order valence-corrected chi connectivity index (χ0v) is 14.7. The van der Waals surface area contributed by atoms with Gasteiger partial charge in [-0.2, -0.15) is 0 Å². The average Bonchev–Trinajstić information content (AvgIpc) is 2.60. The lowest BCUT2D eigenvalue weighted by molar-refractivity contribution is 0.000723. The van der Waals surface area contributed by atoms with Crippen molar-refractivity contribution in [2.75, 3.05) is 20.8 Å². The molecule has 7 heteroatoms. The zero-order valence-electron chi connectivity index (χ0n) is 13.2. The van der Waals surface area contributed by atoms with Gasteiger partial charge in [0.1, 0.15) is 11.9 Å².